The third kappa shape index (κ3) is 3.57. The zero-order chi connectivity index (χ0) is 29.4. The fourth-order valence-corrected chi connectivity index (χ4v) is 7.85. The van der Waals surface area contributed by atoms with Gasteiger partial charge in [0, 0.05) is 43.3 Å². The summed E-state index contributed by atoms with van der Waals surface area (Å²) in [6.45, 7) is 4.29. The van der Waals surface area contributed by atoms with Crippen molar-refractivity contribution in [3.63, 3.8) is 0 Å². The van der Waals surface area contributed by atoms with Crippen molar-refractivity contribution >= 4 is 11.2 Å². The number of fused-ring (bicyclic) bond motifs is 2. The SMILES string of the molecule is Cc1nc2nc([C@H]3CCO[C@@H](c4ccc(=O)n(N5CC6C(C5)C6(F)F)c4)C3)nc(C34CC(C(F)(F)F)(C3)C4)c2nc1C. The smallest absolute Gasteiger partial charge is 0.373 e. The molecule has 0 amide bonds. The number of hydrogen-bond acceptors (Lipinski definition) is 7. The Balaban J connectivity index is 1.10. The van der Waals surface area contributed by atoms with E-state index in [1.54, 1.807) is 17.3 Å². The van der Waals surface area contributed by atoms with E-state index in [0.717, 1.165) is 5.56 Å². The van der Waals surface area contributed by atoms with Crippen molar-refractivity contribution in [3.8, 4) is 0 Å². The molecule has 42 heavy (non-hydrogen) atoms. The second kappa shape index (κ2) is 8.23. The minimum Gasteiger partial charge on any atom is -0.373 e. The largest absolute Gasteiger partial charge is 0.394 e. The monoisotopic (exact) mass is 588 g/mol. The number of aryl methyl sites for hydroxylation is 2. The molecule has 9 rings (SSSR count). The number of ether oxygens (including phenoxy) is 1. The molecule has 4 atom stereocenters. The maximum atomic E-state index is 13.7. The van der Waals surface area contributed by atoms with Gasteiger partial charge in [-0.15, -0.1) is 0 Å². The van der Waals surface area contributed by atoms with E-state index in [4.69, 9.17) is 14.7 Å². The number of rotatable bonds is 4. The maximum Gasteiger partial charge on any atom is 0.394 e. The Morgan fingerprint density at radius 3 is 2.36 bits per heavy atom. The number of aromatic nitrogens is 5. The van der Waals surface area contributed by atoms with Gasteiger partial charge in [0.15, 0.2) is 5.65 Å². The van der Waals surface area contributed by atoms with Gasteiger partial charge >= 0.3 is 6.18 Å². The summed E-state index contributed by atoms with van der Waals surface area (Å²) in [7, 11) is 0. The standard InChI is InChI=1S/C29H29F5N6O2/c1-14-15(2)36-25-22(35-14)23(26-11-27(12-26,13-26)29(32,33)34)37-24(38-25)16-5-6-42-20(7-16)17-3-4-21(41)40(8-17)39-9-18-19(10-39)28(18,30)31/h3-4,8,16,18-20H,5-7,9-13H2,1-2H3/t16-,18?,19?,20+,26?,27?/m0/s1. The molecule has 13 heteroatoms. The molecule has 6 aliphatic rings. The van der Waals surface area contributed by atoms with Crippen molar-refractivity contribution in [2.24, 2.45) is 17.3 Å². The molecule has 2 saturated heterocycles. The molecular formula is C29H29F5N6O2. The Morgan fingerprint density at radius 1 is 0.976 bits per heavy atom. The predicted octanol–water partition coefficient (Wildman–Crippen LogP) is 4.65. The number of hydrogen-bond donors (Lipinski definition) is 0. The first-order valence-electron chi connectivity index (χ1n) is 14.4. The van der Waals surface area contributed by atoms with Crippen LogP contribution >= 0.6 is 0 Å². The van der Waals surface area contributed by atoms with Gasteiger partial charge in [-0.25, -0.2) is 33.4 Å². The lowest BCUT2D eigenvalue weighted by Crippen LogP contribution is -2.70. The van der Waals surface area contributed by atoms with Gasteiger partial charge in [-0.1, -0.05) is 0 Å². The van der Waals surface area contributed by atoms with Crippen LogP contribution in [-0.2, 0) is 10.2 Å². The van der Waals surface area contributed by atoms with E-state index < -0.39 is 40.9 Å². The van der Waals surface area contributed by atoms with Gasteiger partial charge in [-0.3, -0.25) is 4.79 Å². The topological polar surface area (TPSA) is 86.0 Å². The van der Waals surface area contributed by atoms with Crippen LogP contribution in [0.25, 0.3) is 11.2 Å². The van der Waals surface area contributed by atoms with Gasteiger partial charge in [-0.2, -0.15) is 13.2 Å². The molecule has 4 saturated carbocycles. The quantitative estimate of drug-likeness (QED) is 0.410. The van der Waals surface area contributed by atoms with E-state index in [1.165, 1.54) is 10.7 Å². The van der Waals surface area contributed by atoms with Gasteiger partial charge in [0.2, 0.25) is 0 Å². The maximum absolute atomic E-state index is 13.7. The molecule has 2 bridgehead atoms. The number of piperidine rings is 1. The molecule has 222 valence electrons. The minimum absolute atomic E-state index is 0.00571. The lowest BCUT2D eigenvalue weighted by Gasteiger charge is -2.70. The Hall–Kier alpha value is -3.22. The molecule has 0 N–H and O–H groups in total. The second-order valence-electron chi connectivity index (χ2n) is 13.1. The molecule has 2 aliphatic heterocycles. The van der Waals surface area contributed by atoms with Crippen molar-refractivity contribution in [2.45, 2.75) is 75.5 Å². The molecule has 3 aromatic heterocycles. The van der Waals surface area contributed by atoms with Gasteiger partial charge in [0.25, 0.3) is 11.5 Å². The average molecular weight is 589 g/mol. The lowest BCUT2D eigenvalue weighted by molar-refractivity contribution is -0.337. The van der Waals surface area contributed by atoms with Crippen LogP contribution in [0, 0.1) is 31.1 Å². The first-order chi connectivity index (χ1) is 19.8. The van der Waals surface area contributed by atoms with Gasteiger partial charge in [0.1, 0.15) is 11.3 Å². The van der Waals surface area contributed by atoms with Crippen LogP contribution < -0.4 is 10.6 Å². The zero-order valence-electron chi connectivity index (χ0n) is 23.1. The summed E-state index contributed by atoms with van der Waals surface area (Å²) in [5.41, 5.74) is 0.968. The fourth-order valence-electron chi connectivity index (χ4n) is 7.85. The first-order valence-corrected chi connectivity index (χ1v) is 14.4. The summed E-state index contributed by atoms with van der Waals surface area (Å²) >= 11 is 0. The van der Waals surface area contributed by atoms with Crippen LogP contribution in [0.15, 0.2) is 23.1 Å². The molecule has 2 unspecified atom stereocenters. The average Bonchev–Trinajstić information content (AvgIpc) is 3.20. The molecule has 5 heterocycles. The van der Waals surface area contributed by atoms with Crippen molar-refractivity contribution in [2.75, 3.05) is 24.7 Å². The third-order valence-corrected chi connectivity index (χ3v) is 10.5. The summed E-state index contributed by atoms with van der Waals surface area (Å²) in [6, 6.07) is 3.12. The number of pyridine rings is 1. The summed E-state index contributed by atoms with van der Waals surface area (Å²) in [5, 5.41) is 1.66. The van der Waals surface area contributed by atoms with Crippen molar-refractivity contribution in [1.82, 2.24) is 24.6 Å². The van der Waals surface area contributed by atoms with E-state index in [9.17, 15) is 26.7 Å². The zero-order valence-corrected chi connectivity index (χ0v) is 23.1. The third-order valence-electron chi connectivity index (χ3n) is 10.5. The van der Waals surface area contributed by atoms with E-state index >= 15 is 0 Å². The number of alkyl halides is 5. The highest BCUT2D eigenvalue weighted by Crippen LogP contribution is 2.78. The van der Waals surface area contributed by atoms with Gasteiger partial charge in [-0.05, 0) is 57.6 Å². The Bertz CT molecular complexity index is 1670. The summed E-state index contributed by atoms with van der Waals surface area (Å²) in [4.78, 5) is 31.6. The fraction of sp³-hybridized carbons (Fsp3) is 0.621. The van der Waals surface area contributed by atoms with E-state index in [-0.39, 0.29) is 43.8 Å². The lowest BCUT2D eigenvalue weighted by atomic mass is 9.34. The van der Waals surface area contributed by atoms with E-state index in [2.05, 4.69) is 9.97 Å². The second-order valence-corrected chi connectivity index (χ2v) is 13.1. The molecule has 6 fully saturated rings. The van der Waals surface area contributed by atoms with Crippen molar-refractivity contribution in [3.05, 3.63) is 57.2 Å². The summed E-state index contributed by atoms with van der Waals surface area (Å²) in [5.74, 6) is -3.72. The highest BCUT2D eigenvalue weighted by Gasteiger charge is 2.79. The first kappa shape index (κ1) is 26.4. The molecule has 8 nitrogen and oxygen atoms in total. The van der Waals surface area contributed by atoms with E-state index in [0.29, 0.717) is 53.5 Å². The van der Waals surface area contributed by atoms with E-state index in [1.807, 2.05) is 13.8 Å². The molecule has 0 aromatic carbocycles. The summed E-state index contributed by atoms with van der Waals surface area (Å²) in [6.07, 6.45) is -1.84. The molecule has 4 aliphatic carbocycles. The molecule has 0 radical (unpaired) electrons. The Labute approximate surface area is 237 Å². The molecule has 0 spiro atoms. The molecule has 3 aromatic rings. The number of halogens is 5. The van der Waals surface area contributed by atoms with Gasteiger partial charge in [0.05, 0.1) is 40.4 Å². The minimum atomic E-state index is -4.24. The van der Waals surface area contributed by atoms with Crippen LogP contribution in [0.4, 0.5) is 22.0 Å². The Morgan fingerprint density at radius 2 is 1.67 bits per heavy atom. The summed E-state index contributed by atoms with van der Waals surface area (Å²) < 4.78 is 76.0. The van der Waals surface area contributed by atoms with Crippen LogP contribution in [0.1, 0.15) is 72.6 Å². The highest BCUT2D eigenvalue weighted by molar-refractivity contribution is 5.75. The number of nitrogens with zero attached hydrogens (tertiary/aromatic N) is 6. The predicted molar refractivity (Wildman–Crippen MR) is 140 cm³/mol. The highest BCUT2D eigenvalue weighted by atomic mass is 19.4. The molecular weight excluding hydrogens is 559 g/mol. The Kier molecular flexibility index (Phi) is 5.18. The van der Waals surface area contributed by atoms with Crippen molar-refractivity contribution < 1.29 is 26.7 Å². The van der Waals surface area contributed by atoms with Crippen LogP contribution in [0.2, 0.25) is 0 Å². The normalized spacial score (nSPS) is 34.6. The van der Waals surface area contributed by atoms with Crippen LogP contribution in [0.3, 0.4) is 0 Å². The van der Waals surface area contributed by atoms with Crippen LogP contribution in [0.5, 0.6) is 0 Å². The van der Waals surface area contributed by atoms with Crippen molar-refractivity contribution in [1.29, 1.82) is 0 Å². The van der Waals surface area contributed by atoms with Gasteiger partial charge < -0.3 is 9.75 Å². The van der Waals surface area contributed by atoms with Crippen LogP contribution in [-0.4, -0.2) is 56.4 Å².